The first-order valence-electron chi connectivity index (χ1n) is 5.23. The second kappa shape index (κ2) is 5.34. The molecule has 0 atom stereocenters. The lowest BCUT2D eigenvalue weighted by Gasteiger charge is -2.08. The predicted octanol–water partition coefficient (Wildman–Crippen LogP) is 0.556. The smallest absolute Gasteiger partial charge is 0.326 e. The number of anilines is 1. The minimum atomic E-state index is -0.437. The fourth-order valence-corrected chi connectivity index (χ4v) is 1.41. The lowest BCUT2D eigenvalue weighted by atomic mass is 10.2. The quantitative estimate of drug-likeness (QED) is 0.758. The highest BCUT2D eigenvalue weighted by molar-refractivity contribution is 5.69. The van der Waals surface area contributed by atoms with Crippen LogP contribution in [0.2, 0.25) is 0 Å². The minimum absolute atomic E-state index is 0.0964. The molecule has 88 valence electrons. The van der Waals surface area contributed by atoms with E-state index in [-0.39, 0.29) is 12.1 Å². The monoisotopic (exact) mass is 224 g/mol. The highest BCUT2D eigenvalue weighted by Gasteiger charge is 2.07. The number of hydrogen-bond acceptors (Lipinski definition) is 4. The number of nitrogen functional groups attached to an aromatic ring is 1. The van der Waals surface area contributed by atoms with Crippen LogP contribution in [0.3, 0.4) is 0 Å². The molecule has 0 spiro atoms. The summed E-state index contributed by atoms with van der Waals surface area (Å²) < 4.78 is 6.01. The first kappa shape index (κ1) is 12.3. The normalized spacial score (nSPS) is 10.1. The van der Waals surface area contributed by atoms with Crippen LogP contribution in [-0.2, 0) is 22.5 Å². The van der Waals surface area contributed by atoms with Gasteiger partial charge in [-0.3, -0.25) is 9.59 Å². The van der Waals surface area contributed by atoms with Crippen LogP contribution in [0.4, 0.5) is 5.69 Å². The zero-order valence-electron chi connectivity index (χ0n) is 9.53. The SMILES string of the molecule is CCOC(=O)Cn1cc(N)c(CC)cc1=O. The lowest BCUT2D eigenvalue weighted by molar-refractivity contribution is -0.143. The number of ether oxygens (including phenoxy) is 1. The maximum atomic E-state index is 11.6. The molecule has 1 aromatic heterocycles. The van der Waals surface area contributed by atoms with Gasteiger partial charge in [-0.15, -0.1) is 0 Å². The Hall–Kier alpha value is -1.78. The van der Waals surface area contributed by atoms with Crippen molar-refractivity contribution in [2.75, 3.05) is 12.3 Å². The summed E-state index contributed by atoms with van der Waals surface area (Å²) in [6, 6.07) is 1.45. The summed E-state index contributed by atoms with van der Waals surface area (Å²) in [5, 5.41) is 0. The molecule has 0 aromatic carbocycles. The first-order chi connectivity index (χ1) is 7.58. The molecule has 0 saturated carbocycles. The first-order valence-corrected chi connectivity index (χ1v) is 5.23. The molecule has 5 nitrogen and oxygen atoms in total. The Morgan fingerprint density at radius 3 is 2.75 bits per heavy atom. The van der Waals surface area contributed by atoms with Crippen LogP contribution in [0, 0.1) is 0 Å². The Morgan fingerprint density at radius 2 is 2.19 bits per heavy atom. The van der Waals surface area contributed by atoms with Crippen LogP contribution in [0.25, 0.3) is 0 Å². The van der Waals surface area contributed by atoms with E-state index >= 15 is 0 Å². The van der Waals surface area contributed by atoms with E-state index < -0.39 is 5.97 Å². The van der Waals surface area contributed by atoms with E-state index in [1.165, 1.54) is 16.8 Å². The number of carbonyl (C=O) groups is 1. The Bertz CT molecular complexity index is 437. The highest BCUT2D eigenvalue weighted by atomic mass is 16.5. The van der Waals surface area contributed by atoms with Gasteiger partial charge < -0.3 is 15.0 Å². The molecule has 0 bridgehead atoms. The van der Waals surface area contributed by atoms with Gasteiger partial charge in [-0.1, -0.05) is 6.92 Å². The number of rotatable bonds is 4. The molecular formula is C11H16N2O3. The van der Waals surface area contributed by atoms with Crippen LogP contribution in [-0.4, -0.2) is 17.1 Å². The third-order valence-electron chi connectivity index (χ3n) is 2.23. The van der Waals surface area contributed by atoms with Crippen molar-refractivity contribution in [1.82, 2.24) is 4.57 Å². The molecule has 0 amide bonds. The lowest BCUT2D eigenvalue weighted by Crippen LogP contribution is -2.25. The average Bonchev–Trinajstić information content (AvgIpc) is 2.23. The zero-order valence-corrected chi connectivity index (χ0v) is 9.53. The molecule has 16 heavy (non-hydrogen) atoms. The Labute approximate surface area is 93.8 Å². The number of aromatic nitrogens is 1. The van der Waals surface area contributed by atoms with E-state index in [1.807, 2.05) is 6.92 Å². The Balaban J connectivity index is 2.94. The Morgan fingerprint density at radius 1 is 1.50 bits per heavy atom. The second-order valence-electron chi connectivity index (χ2n) is 3.38. The van der Waals surface area contributed by atoms with E-state index in [9.17, 15) is 9.59 Å². The number of pyridine rings is 1. The fourth-order valence-electron chi connectivity index (χ4n) is 1.41. The summed E-state index contributed by atoms with van der Waals surface area (Å²) in [5.74, 6) is -0.437. The summed E-state index contributed by atoms with van der Waals surface area (Å²) in [5.41, 5.74) is 6.82. The van der Waals surface area contributed by atoms with Gasteiger partial charge in [-0.05, 0) is 18.9 Å². The van der Waals surface area contributed by atoms with Gasteiger partial charge in [-0.25, -0.2) is 0 Å². The molecule has 0 aliphatic carbocycles. The van der Waals surface area contributed by atoms with Gasteiger partial charge in [0.25, 0.3) is 5.56 Å². The number of aryl methyl sites for hydroxylation is 1. The number of hydrogen-bond donors (Lipinski definition) is 1. The molecule has 1 aromatic rings. The molecule has 1 rings (SSSR count). The molecule has 0 saturated heterocycles. The average molecular weight is 224 g/mol. The summed E-state index contributed by atoms with van der Waals surface area (Å²) >= 11 is 0. The van der Waals surface area contributed by atoms with Gasteiger partial charge >= 0.3 is 5.97 Å². The molecule has 0 aliphatic rings. The van der Waals surface area contributed by atoms with E-state index in [0.717, 1.165) is 5.56 Å². The maximum absolute atomic E-state index is 11.6. The van der Waals surface area contributed by atoms with E-state index in [0.29, 0.717) is 18.7 Å². The van der Waals surface area contributed by atoms with Crippen LogP contribution >= 0.6 is 0 Å². The molecule has 0 fully saturated rings. The number of nitrogens with zero attached hydrogens (tertiary/aromatic N) is 1. The van der Waals surface area contributed by atoms with Gasteiger partial charge in [0.15, 0.2) is 0 Å². The van der Waals surface area contributed by atoms with Crippen molar-refractivity contribution in [3.63, 3.8) is 0 Å². The van der Waals surface area contributed by atoms with Crippen molar-refractivity contribution < 1.29 is 9.53 Å². The van der Waals surface area contributed by atoms with Gasteiger partial charge in [0.05, 0.1) is 12.3 Å². The van der Waals surface area contributed by atoms with Crippen molar-refractivity contribution >= 4 is 11.7 Å². The molecule has 1 heterocycles. The van der Waals surface area contributed by atoms with Crippen molar-refractivity contribution in [3.8, 4) is 0 Å². The van der Waals surface area contributed by atoms with Crippen molar-refractivity contribution in [3.05, 3.63) is 28.2 Å². The molecule has 5 heteroatoms. The van der Waals surface area contributed by atoms with Crippen molar-refractivity contribution in [2.45, 2.75) is 26.8 Å². The van der Waals surface area contributed by atoms with Gasteiger partial charge in [0, 0.05) is 12.3 Å². The van der Waals surface area contributed by atoms with Crippen molar-refractivity contribution in [2.24, 2.45) is 0 Å². The molecule has 2 N–H and O–H groups in total. The third-order valence-corrected chi connectivity index (χ3v) is 2.23. The van der Waals surface area contributed by atoms with Gasteiger partial charge in [0.2, 0.25) is 0 Å². The van der Waals surface area contributed by atoms with E-state index in [4.69, 9.17) is 10.5 Å². The number of carbonyl (C=O) groups excluding carboxylic acids is 1. The van der Waals surface area contributed by atoms with Gasteiger partial charge in [0.1, 0.15) is 6.54 Å². The molecular weight excluding hydrogens is 208 g/mol. The summed E-state index contributed by atoms with van der Waals surface area (Å²) in [7, 11) is 0. The van der Waals surface area contributed by atoms with Gasteiger partial charge in [-0.2, -0.15) is 0 Å². The standard InChI is InChI=1S/C11H16N2O3/c1-3-8-5-10(14)13(6-9(8)12)7-11(15)16-4-2/h5-6H,3-4,7,12H2,1-2H3. The molecule has 0 radical (unpaired) electrons. The second-order valence-corrected chi connectivity index (χ2v) is 3.38. The predicted molar refractivity (Wildman–Crippen MR) is 61.1 cm³/mol. The van der Waals surface area contributed by atoms with E-state index in [2.05, 4.69) is 0 Å². The number of esters is 1. The van der Waals surface area contributed by atoms with Crippen LogP contribution < -0.4 is 11.3 Å². The molecule has 0 unspecified atom stereocenters. The summed E-state index contributed by atoms with van der Waals surface area (Å²) in [6.45, 7) is 3.84. The summed E-state index contributed by atoms with van der Waals surface area (Å²) in [6.07, 6.45) is 2.18. The number of nitrogens with two attached hydrogens (primary N) is 1. The van der Waals surface area contributed by atoms with Crippen LogP contribution in [0.5, 0.6) is 0 Å². The summed E-state index contributed by atoms with van der Waals surface area (Å²) in [4.78, 5) is 22.8. The third kappa shape index (κ3) is 2.85. The Kier molecular flexibility index (Phi) is 4.10. The zero-order chi connectivity index (χ0) is 12.1. The van der Waals surface area contributed by atoms with Crippen molar-refractivity contribution in [1.29, 1.82) is 0 Å². The topological polar surface area (TPSA) is 74.3 Å². The maximum Gasteiger partial charge on any atom is 0.326 e. The fraction of sp³-hybridized carbons (Fsp3) is 0.455. The largest absolute Gasteiger partial charge is 0.465 e. The highest BCUT2D eigenvalue weighted by Crippen LogP contribution is 2.08. The van der Waals surface area contributed by atoms with Crippen LogP contribution in [0.15, 0.2) is 17.1 Å². The van der Waals surface area contributed by atoms with E-state index in [1.54, 1.807) is 6.92 Å². The minimum Gasteiger partial charge on any atom is -0.465 e. The molecule has 0 aliphatic heterocycles. The van der Waals surface area contributed by atoms with Crippen LogP contribution in [0.1, 0.15) is 19.4 Å².